The second kappa shape index (κ2) is 7.09. The summed E-state index contributed by atoms with van der Waals surface area (Å²) in [6.45, 7) is 8.36. The smallest absolute Gasteiger partial charge is 0.259 e. The molecule has 0 unspecified atom stereocenters. The third-order valence-corrected chi connectivity index (χ3v) is 4.24. The van der Waals surface area contributed by atoms with Crippen molar-refractivity contribution in [3.63, 3.8) is 0 Å². The number of amides is 1. The molecule has 3 heterocycles. The molecule has 0 atom stereocenters. The molecule has 0 saturated heterocycles. The average molecular weight is 341 g/mol. The Hall–Kier alpha value is -2.63. The maximum absolute atomic E-state index is 12.7. The Labute approximate surface area is 146 Å². The Bertz CT molecular complexity index is 908. The van der Waals surface area contributed by atoms with Crippen LogP contribution in [0.25, 0.3) is 22.4 Å². The number of fused-ring (bicyclic) bond motifs is 1. The van der Waals surface area contributed by atoms with Gasteiger partial charge in [-0.2, -0.15) is 0 Å². The Morgan fingerprint density at radius 3 is 2.68 bits per heavy atom. The molecule has 0 fully saturated rings. The van der Waals surface area contributed by atoms with Gasteiger partial charge in [0, 0.05) is 12.1 Å². The molecule has 0 aliphatic heterocycles. The first-order valence-electron chi connectivity index (χ1n) is 8.64. The van der Waals surface area contributed by atoms with Gasteiger partial charge in [-0.3, -0.25) is 4.79 Å². The fraction of sp³-hybridized carbons (Fsp3) is 0.421. The van der Waals surface area contributed by atoms with Gasteiger partial charge in [-0.25, -0.2) is 4.98 Å². The van der Waals surface area contributed by atoms with Gasteiger partial charge in [0.25, 0.3) is 11.6 Å². The van der Waals surface area contributed by atoms with Crippen molar-refractivity contribution in [3.8, 4) is 11.3 Å². The van der Waals surface area contributed by atoms with E-state index in [0.29, 0.717) is 34.6 Å². The zero-order valence-electron chi connectivity index (χ0n) is 15.1. The highest BCUT2D eigenvalue weighted by atomic mass is 16.5. The van der Waals surface area contributed by atoms with Gasteiger partial charge < -0.3 is 14.3 Å². The predicted molar refractivity (Wildman–Crippen MR) is 95.6 cm³/mol. The lowest BCUT2D eigenvalue weighted by Crippen LogP contribution is -2.24. The van der Waals surface area contributed by atoms with Crippen LogP contribution in [0.5, 0.6) is 0 Å². The van der Waals surface area contributed by atoms with Crippen molar-refractivity contribution in [3.05, 3.63) is 34.9 Å². The van der Waals surface area contributed by atoms with E-state index in [2.05, 4.69) is 22.4 Å². The summed E-state index contributed by atoms with van der Waals surface area (Å²) in [5, 5.41) is 7.61. The summed E-state index contributed by atoms with van der Waals surface area (Å²) < 4.78 is 10.9. The number of carbonyl (C=O) groups excluding carboxylic acids is 1. The van der Waals surface area contributed by atoms with E-state index >= 15 is 0 Å². The van der Waals surface area contributed by atoms with E-state index in [1.165, 1.54) is 0 Å². The minimum atomic E-state index is -0.131. The molecule has 0 aliphatic carbocycles. The standard InChI is InChI=1S/C19H23N3O3/c1-5-6-7-8-20-18(23)15-10-16(14-9-11(2)24-13(14)4)21-19-17(15)12(3)22-25-19/h9-10H,5-8H2,1-4H3,(H,20,23). The lowest BCUT2D eigenvalue weighted by atomic mass is 10.1. The molecule has 3 aromatic rings. The number of pyridine rings is 1. The molecular weight excluding hydrogens is 318 g/mol. The molecule has 6 nitrogen and oxygen atoms in total. The molecule has 0 aromatic carbocycles. The quantitative estimate of drug-likeness (QED) is 0.675. The lowest BCUT2D eigenvalue weighted by molar-refractivity contribution is 0.0954. The van der Waals surface area contributed by atoms with Crippen LogP contribution in [0.15, 0.2) is 21.1 Å². The summed E-state index contributed by atoms with van der Waals surface area (Å²) in [5.41, 5.74) is 3.07. The molecule has 1 N–H and O–H groups in total. The van der Waals surface area contributed by atoms with Crippen molar-refractivity contribution in [1.82, 2.24) is 15.5 Å². The molecule has 3 aromatic heterocycles. The number of unbranched alkanes of at least 4 members (excludes halogenated alkanes) is 2. The molecule has 25 heavy (non-hydrogen) atoms. The average Bonchev–Trinajstić information content (AvgIpc) is 3.12. The zero-order chi connectivity index (χ0) is 18.0. The van der Waals surface area contributed by atoms with Gasteiger partial charge in [-0.1, -0.05) is 24.9 Å². The van der Waals surface area contributed by atoms with Crippen LogP contribution in [0.4, 0.5) is 0 Å². The van der Waals surface area contributed by atoms with Gasteiger partial charge in [0.1, 0.15) is 11.5 Å². The van der Waals surface area contributed by atoms with E-state index < -0.39 is 0 Å². The zero-order valence-corrected chi connectivity index (χ0v) is 15.1. The number of rotatable bonds is 6. The van der Waals surface area contributed by atoms with Crippen molar-refractivity contribution in [1.29, 1.82) is 0 Å². The first-order valence-corrected chi connectivity index (χ1v) is 8.64. The Kier molecular flexibility index (Phi) is 4.88. The number of nitrogens with one attached hydrogen (secondary N) is 1. The monoisotopic (exact) mass is 341 g/mol. The van der Waals surface area contributed by atoms with Crippen molar-refractivity contribution < 1.29 is 13.7 Å². The minimum absolute atomic E-state index is 0.131. The fourth-order valence-electron chi connectivity index (χ4n) is 2.97. The number of hydrogen-bond acceptors (Lipinski definition) is 5. The Morgan fingerprint density at radius 2 is 2.00 bits per heavy atom. The molecule has 0 radical (unpaired) electrons. The number of aryl methyl sites for hydroxylation is 3. The highest BCUT2D eigenvalue weighted by Gasteiger charge is 2.20. The van der Waals surface area contributed by atoms with E-state index in [0.717, 1.165) is 36.3 Å². The maximum atomic E-state index is 12.7. The Morgan fingerprint density at radius 1 is 1.20 bits per heavy atom. The van der Waals surface area contributed by atoms with Crippen LogP contribution in [0.2, 0.25) is 0 Å². The molecule has 0 aliphatic rings. The Balaban J connectivity index is 2.02. The van der Waals surface area contributed by atoms with Gasteiger partial charge in [-0.05, 0) is 39.3 Å². The van der Waals surface area contributed by atoms with E-state index in [-0.39, 0.29) is 5.91 Å². The van der Waals surface area contributed by atoms with Crippen LogP contribution in [-0.2, 0) is 0 Å². The van der Waals surface area contributed by atoms with E-state index in [9.17, 15) is 4.79 Å². The summed E-state index contributed by atoms with van der Waals surface area (Å²) in [6, 6.07) is 3.70. The molecule has 0 saturated carbocycles. The third-order valence-electron chi connectivity index (χ3n) is 4.24. The highest BCUT2D eigenvalue weighted by molar-refractivity contribution is 6.07. The summed E-state index contributed by atoms with van der Waals surface area (Å²) in [6.07, 6.45) is 3.17. The van der Waals surface area contributed by atoms with Gasteiger partial charge in [0.2, 0.25) is 0 Å². The van der Waals surface area contributed by atoms with Crippen molar-refractivity contribution in [2.24, 2.45) is 0 Å². The summed E-state index contributed by atoms with van der Waals surface area (Å²) in [5.74, 6) is 1.43. The summed E-state index contributed by atoms with van der Waals surface area (Å²) in [4.78, 5) is 17.2. The number of carbonyl (C=O) groups is 1. The minimum Gasteiger partial charge on any atom is -0.466 e. The SMILES string of the molecule is CCCCCNC(=O)c1cc(-c2cc(C)oc2C)nc2onc(C)c12. The number of furan rings is 1. The molecule has 3 rings (SSSR count). The largest absolute Gasteiger partial charge is 0.466 e. The number of hydrogen-bond donors (Lipinski definition) is 1. The van der Waals surface area contributed by atoms with E-state index in [4.69, 9.17) is 8.94 Å². The first-order chi connectivity index (χ1) is 12.0. The van der Waals surface area contributed by atoms with Crippen LogP contribution in [0.1, 0.15) is 53.8 Å². The molecular formula is C19H23N3O3. The van der Waals surface area contributed by atoms with Gasteiger partial charge in [0.05, 0.1) is 22.3 Å². The van der Waals surface area contributed by atoms with Crippen LogP contribution in [0.3, 0.4) is 0 Å². The molecule has 0 spiro atoms. The first kappa shape index (κ1) is 17.2. The van der Waals surface area contributed by atoms with Crippen LogP contribution in [-0.4, -0.2) is 22.6 Å². The second-order valence-electron chi connectivity index (χ2n) is 6.29. The fourth-order valence-corrected chi connectivity index (χ4v) is 2.97. The maximum Gasteiger partial charge on any atom is 0.259 e. The normalized spacial score (nSPS) is 11.2. The molecule has 0 bridgehead atoms. The van der Waals surface area contributed by atoms with Crippen molar-refractivity contribution >= 4 is 17.0 Å². The summed E-state index contributed by atoms with van der Waals surface area (Å²) in [7, 11) is 0. The highest BCUT2D eigenvalue weighted by Crippen LogP contribution is 2.30. The van der Waals surface area contributed by atoms with Crippen molar-refractivity contribution in [2.75, 3.05) is 6.54 Å². The van der Waals surface area contributed by atoms with E-state index in [1.807, 2.05) is 26.8 Å². The third kappa shape index (κ3) is 3.43. The number of aromatic nitrogens is 2. The van der Waals surface area contributed by atoms with Gasteiger partial charge >= 0.3 is 0 Å². The van der Waals surface area contributed by atoms with Crippen LogP contribution < -0.4 is 5.32 Å². The van der Waals surface area contributed by atoms with Gasteiger partial charge in [0.15, 0.2) is 0 Å². The summed E-state index contributed by atoms with van der Waals surface area (Å²) >= 11 is 0. The predicted octanol–water partition coefficient (Wildman–Crippen LogP) is 4.33. The van der Waals surface area contributed by atoms with E-state index in [1.54, 1.807) is 6.07 Å². The molecule has 132 valence electrons. The number of nitrogens with zero attached hydrogens (tertiary/aromatic N) is 2. The molecule has 6 heteroatoms. The van der Waals surface area contributed by atoms with Crippen LogP contribution in [0, 0.1) is 20.8 Å². The lowest BCUT2D eigenvalue weighted by Gasteiger charge is -2.07. The topological polar surface area (TPSA) is 81.2 Å². The molecule has 1 amide bonds. The van der Waals surface area contributed by atoms with Gasteiger partial charge in [-0.15, -0.1) is 0 Å². The van der Waals surface area contributed by atoms with Crippen molar-refractivity contribution in [2.45, 2.75) is 47.0 Å². The van der Waals surface area contributed by atoms with Crippen LogP contribution >= 0.6 is 0 Å². The second-order valence-corrected chi connectivity index (χ2v) is 6.29.